The molecular weight excluding hydrogens is 352 g/mol. The number of carbonyl (C=O) groups excluding carboxylic acids is 2. The number of halogens is 1. The van der Waals surface area contributed by atoms with E-state index in [0.29, 0.717) is 17.3 Å². The summed E-state index contributed by atoms with van der Waals surface area (Å²) in [4.78, 5) is 29.8. The number of carbonyl (C=O) groups is 2. The molecule has 0 unspecified atom stereocenters. The van der Waals surface area contributed by atoms with Crippen LogP contribution in [0.2, 0.25) is 5.02 Å². The Hall–Kier alpha value is -2.60. The molecule has 0 spiro atoms. The number of fused-ring (bicyclic) bond motifs is 1. The maximum Gasteiger partial charge on any atom is 0.240 e. The number of nitrogens with zero attached hydrogens (tertiary/aromatic N) is 2. The topological polar surface area (TPSA) is 74.3 Å². The maximum atomic E-state index is 12.3. The van der Waals surface area contributed by atoms with E-state index in [1.807, 2.05) is 32.2 Å². The average Bonchev–Trinajstić information content (AvgIpc) is 2.61. The fraction of sp³-hybridized carbons (Fsp3) is 0.316. The monoisotopic (exact) mass is 372 g/mol. The van der Waals surface area contributed by atoms with Gasteiger partial charge in [-0.3, -0.25) is 9.59 Å². The van der Waals surface area contributed by atoms with Crippen LogP contribution in [0.15, 0.2) is 36.5 Å². The quantitative estimate of drug-likeness (QED) is 0.846. The molecule has 2 aromatic rings. The first-order chi connectivity index (χ1) is 12.4. The van der Waals surface area contributed by atoms with Crippen LogP contribution >= 0.6 is 11.6 Å². The van der Waals surface area contributed by atoms with Gasteiger partial charge in [-0.2, -0.15) is 0 Å². The van der Waals surface area contributed by atoms with E-state index in [2.05, 4.69) is 15.6 Å². The third-order valence-electron chi connectivity index (χ3n) is 4.39. The first-order valence-electron chi connectivity index (χ1n) is 8.47. The maximum absolute atomic E-state index is 12.3. The summed E-state index contributed by atoms with van der Waals surface area (Å²) in [5.74, 6) is 0.634. The summed E-state index contributed by atoms with van der Waals surface area (Å²) < 4.78 is 0. The molecule has 1 aliphatic rings. The third-order valence-corrected chi connectivity index (χ3v) is 4.61. The minimum atomic E-state index is -0.128. The lowest BCUT2D eigenvalue weighted by Crippen LogP contribution is -2.36. The number of benzene rings is 1. The van der Waals surface area contributed by atoms with Crippen molar-refractivity contribution in [2.75, 3.05) is 23.8 Å². The van der Waals surface area contributed by atoms with Crippen molar-refractivity contribution in [1.29, 1.82) is 0 Å². The largest absolute Gasteiger partial charge is 0.350 e. The summed E-state index contributed by atoms with van der Waals surface area (Å²) in [6, 6.07) is 9.26. The lowest BCUT2D eigenvalue weighted by Gasteiger charge is -2.22. The van der Waals surface area contributed by atoms with Gasteiger partial charge in [0.15, 0.2) is 0 Å². The molecule has 1 aromatic carbocycles. The third kappa shape index (κ3) is 4.32. The van der Waals surface area contributed by atoms with Crippen molar-refractivity contribution >= 4 is 34.9 Å². The van der Waals surface area contributed by atoms with Gasteiger partial charge in [-0.05, 0) is 42.7 Å². The standard InChI is InChI=1S/C19H21ClN4O2/c1-12(13-3-6-16-14(9-13)4-8-18(25)23-16)22-19(26)11-24(2)17-7-5-15(20)10-21-17/h3,5-7,9-10,12H,4,8,11H2,1-2H3,(H,22,26)(H,23,25)/t12-/m0/s1. The van der Waals surface area contributed by atoms with Crippen molar-refractivity contribution in [3.05, 3.63) is 52.7 Å². The molecule has 2 N–H and O–H groups in total. The predicted octanol–water partition coefficient (Wildman–Crippen LogP) is 2.93. The van der Waals surface area contributed by atoms with Crippen LogP contribution in [0.4, 0.5) is 11.5 Å². The van der Waals surface area contributed by atoms with Crippen molar-refractivity contribution in [3.63, 3.8) is 0 Å². The fourth-order valence-corrected chi connectivity index (χ4v) is 3.05. The summed E-state index contributed by atoms with van der Waals surface area (Å²) >= 11 is 5.83. The lowest BCUT2D eigenvalue weighted by atomic mass is 9.98. The highest BCUT2D eigenvalue weighted by Gasteiger charge is 2.17. The predicted molar refractivity (Wildman–Crippen MR) is 102 cm³/mol. The van der Waals surface area contributed by atoms with Gasteiger partial charge in [0.25, 0.3) is 0 Å². The van der Waals surface area contributed by atoms with Crippen molar-refractivity contribution < 1.29 is 9.59 Å². The number of pyridine rings is 1. The molecule has 2 heterocycles. The Balaban J connectivity index is 1.60. The molecule has 6 nitrogen and oxygen atoms in total. The van der Waals surface area contributed by atoms with E-state index >= 15 is 0 Å². The number of amides is 2. The van der Waals surface area contributed by atoms with Crippen LogP contribution in [0.3, 0.4) is 0 Å². The van der Waals surface area contributed by atoms with E-state index in [4.69, 9.17) is 11.6 Å². The Labute approximate surface area is 157 Å². The van der Waals surface area contributed by atoms with Gasteiger partial charge in [-0.25, -0.2) is 4.98 Å². The Morgan fingerprint density at radius 2 is 2.15 bits per heavy atom. The van der Waals surface area contributed by atoms with Crippen LogP contribution in [0.1, 0.15) is 30.5 Å². The van der Waals surface area contributed by atoms with Gasteiger partial charge >= 0.3 is 0 Å². The minimum absolute atomic E-state index is 0.0467. The number of nitrogens with one attached hydrogen (secondary N) is 2. The molecule has 1 aliphatic heterocycles. The molecule has 3 rings (SSSR count). The van der Waals surface area contributed by atoms with Crippen LogP contribution in [0, 0.1) is 0 Å². The molecule has 0 radical (unpaired) electrons. The second kappa shape index (κ2) is 7.74. The van der Waals surface area contributed by atoms with Crippen LogP contribution in [0.25, 0.3) is 0 Å². The highest BCUT2D eigenvalue weighted by Crippen LogP contribution is 2.26. The van der Waals surface area contributed by atoms with Gasteiger partial charge in [0.1, 0.15) is 5.82 Å². The van der Waals surface area contributed by atoms with Gasteiger partial charge < -0.3 is 15.5 Å². The molecule has 26 heavy (non-hydrogen) atoms. The zero-order chi connectivity index (χ0) is 18.7. The molecule has 0 bridgehead atoms. The highest BCUT2D eigenvalue weighted by molar-refractivity contribution is 6.30. The summed E-state index contributed by atoms with van der Waals surface area (Å²) in [5, 5.41) is 6.43. The summed E-state index contributed by atoms with van der Waals surface area (Å²) in [6.45, 7) is 2.14. The molecule has 0 saturated carbocycles. The Kier molecular flexibility index (Phi) is 5.42. The Morgan fingerprint density at radius 3 is 2.88 bits per heavy atom. The van der Waals surface area contributed by atoms with Crippen molar-refractivity contribution in [3.8, 4) is 0 Å². The van der Waals surface area contributed by atoms with Crippen molar-refractivity contribution in [1.82, 2.24) is 10.3 Å². The zero-order valence-electron chi connectivity index (χ0n) is 14.8. The SMILES string of the molecule is C[C@H](NC(=O)CN(C)c1ccc(Cl)cn1)c1ccc2c(c1)CCC(=O)N2. The summed E-state index contributed by atoms with van der Waals surface area (Å²) in [7, 11) is 1.81. The molecule has 7 heteroatoms. The van der Waals surface area contributed by atoms with E-state index in [1.54, 1.807) is 23.2 Å². The number of rotatable bonds is 5. The summed E-state index contributed by atoms with van der Waals surface area (Å²) in [6.07, 6.45) is 2.77. The normalized spacial score (nSPS) is 14.2. The number of likely N-dealkylation sites (N-methyl/N-ethyl adjacent to an activating group) is 1. The van der Waals surface area contributed by atoms with E-state index in [9.17, 15) is 9.59 Å². The smallest absolute Gasteiger partial charge is 0.240 e. The molecule has 136 valence electrons. The van der Waals surface area contributed by atoms with E-state index in [-0.39, 0.29) is 24.4 Å². The van der Waals surface area contributed by atoms with Gasteiger partial charge in [-0.15, -0.1) is 0 Å². The van der Waals surface area contributed by atoms with Crippen molar-refractivity contribution in [2.24, 2.45) is 0 Å². The first-order valence-corrected chi connectivity index (χ1v) is 8.85. The molecule has 1 aromatic heterocycles. The van der Waals surface area contributed by atoms with Gasteiger partial charge in [-0.1, -0.05) is 23.7 Å². The molecule has 1 atom stereocenters. The van der Waals surface area contributed by atoms with Gasteiger partial charge in [0.2, 0.25) is 11.8 Å². The van der Waals surface area contributed by atoms with E-state index in [0.717, 1.165) is 23.2 Å². The van der Waals surface area contributed by atoms with Crippen LogP contribution in [-0.2, 0) is 16.0 Å². The molecule has 2 amide bonds. The minimum Gasteiger partial charge on any atom is -0.350 e. The van der Waals surface area contributed by atoms with Crippen LogP contribution < -0.4 is 15.5 Å². The number of hydrogen-bond acceptors (Lipinski definition) is 4. The highest BCUT2D eigenvalue weighted by atomic mass is 35.5. The average molecular weight is 373 g/mol. The molecule has 0 aliphatic carbocycles. The number of anilines is 2. The Bertz CT molecular complexity index is 823. The van der Waals surface area contributed by atoms with E-state index < -0.39 is 0 Å². The Morgan fingerprint density at radius 1 is 1.35 bits per heavy atom. The number of aryl methyl sites for hydroxylation is 1. The molecular formula is C19H21ClN4O2. The second-order valence-corrected chi connectivity index (χ2v) is 6.88. The van der Waals surface area contributed by atoms with Gasteiger partial charge in [0.05, 0.1) is 17.6 Å². The lowest BCUT2D eigenvalue weighted by molar-refractivity contribution is -0.120. The molecule has 0 saturated heterocycles. The number of aromatic nitrogens is 1. The summed E-state index contributed by atoms with van der Waals surface area (Å²) in [5.41, 5.74) is 2.98. The fourth-order valence-electron chi connectivity index (χ4n) is 2.93. The van der Waals surface area contributed by atoms with Crippen LogP contribution in [0.5, 0.6) is 0 Å². The zero-order valence-corrected chi connectivity index (χ0v) is 15.5. The van der Waals surface area contributed by atoms with E-state index in [1.165, 1.54) is 0 Å². The van der Waals surface area contributed by atoms with Gasteiger partial charge in [0, 0.05) is 25.4 Å². The van der Waals surface area contributed by atoms with Crippen LogP contribution in [-0.4, -0.2) is 30.4 Å². The first kappa shape index (κ1) is 18.2. The number of hydrogen-bond donors (Lipinski definition) is 2. The molecule has 0 fully saturated rings. The van der Waals surface area contributed by atoms with Crippen molar-refractivity contribution in [2.45, 2.75) is 25.8 Å². The second-order valence-electron chi connectivity index (χ2n) is 6.44.